The molecule has 0 saturated carbocycles. The molecule has 1 saturated heterocycles. The van der Waals surface area contributed by atoms with Crippen molar-refractivity contribution < 1.29 is 23.9 Å². The molecule has 1 heterocycles. The quantitative estimate of drug-likeness (QED) is 0.396. The Bertz CT molecular complexity index is 1310. The summed E-state index contributed by atoms with van der Waals surface area (Å²) in [4.78, 5) is 39.0. The highest BCUT2D eigenvalue weighted by molar-refractivity contribution is 6.39. The van der Waals surface area contributed by atoms with Crippen LogP contribution in [0, 0.1) is 6.92 Å². The maximum atomic E-state index is 13.1. The van der Waals surface area contributed by atoms with E-state index in [2.05, 4.69) is 5.32 Å². The van der Waals surface area contributed by atoms with Gasteiger partial charge in [-0.05, 0) is 65.9 Å². The maximum absolute atomic E-state index is 13.1. The molecule has 0 radical (unpaired) electrons. The Balaban J connectivity index is 1.59. The van der Waals surface area contributed by atoms with Crippen molar-refractivity contribution in [3.8, 4) is 11.5 Å². The molecule has 35 heavy (non-hydrogen) atoms. The summed E-state index contributed by atoms with van der Waals surface area (Å²) in [7, 11) is 1.52. The van der Waals surface area contributed by atoms with Crippen LogP contribution in [0.15, 0.2) is 72.3 Å². The zero-order chi connectivity index (χ0) is 24.9. The molecule has 1 fully saturated rings. The average molecular weight is 471 g/mol. The highest BCUT2D eigenvalue weighted by atomic mass is 16.5. The second kappa shape index (κ2) is 10.3. The summed E-state index contributed by atoms with van der Waals surface area (Å²) in [5.41, 5.74) is 4.04. The van der Waals surface area contributed by atoms with Crippen molar-refractivity contribution in [2.75, 3.05) is 12.0 Å². The van der Waals surface area contributed by atoms with Crippen LogP contribution in [0.4, 0.5) is 10.5 Å². The van der Waals surface area contributed by atoms with Crippen LogP contribution in [0.1, 0.15) is 29.2 Å². The Morgan fingerprint density at radius 2 is 1.69 bits per heavy atom. The lowest BCUT2D eigenvalue weighted by molar-refractivity contribution is -0.122. The number of barbiturate groups is 1. The van der Waals surface area contributed by atoms with Crippen LogP contribution >= 0.6 is 0 Å². The van der Waals surface area contributed by atoms with Crippen molar-refractivity contribution in [3.05, 3.63) is 94.6 Å². The second-order valence-electron chi connectivity index (χ2n) is 8.10. The number of amides is 4. The van der Waals surface area contributed by atoms with E-state index in [4.69, 9.17) is 9.47 Å². The second-order valence-corrected chi connectivity index (χ2v) is 8.10. The molecule has 178 valence electrons. The SMILES string of the molecule is CCc1ccc(N2C(=O)NC(=O)C(=Cc3ccc(OCc4ccccc4C)c(OC)c3)C2=O)cc1. The molecule has 7 heteroatoms. The van der Waals surface area contributed by atoms with Crippen LogP contribution in [0.2, 0.25) is 0 Å². The molecule has 1 N–H and O–H groups in total. The number of urea groups is 1. The summed E-state index contributed by atoms with van der Waals surface area (Å²) in [6, 6.07) is 19.3. The number of imide groups is 2. The van der Waals surface area contributed by atoms with Crippen molar-refractivity contribution in [1.82, 2.24) is 5.32 Å². The van der Waals surface area contributed by atoms with E-state index in [0.717, 1.165) is 28.0 Å². The molecule has 1 aliphatic heterocycles. The van der Waals surface area contributed by atoms with Crippen molar-refractivity contribution in [2.24, 2.45) is 0 Å². The number of aryl methyl sites for hydroxylation is 2. The molecular weight excluding hydrogens is 444 g/mol. The fourth-order valence-electron chi connectivity index (χ4n) is 3.76. The number of nitrogens with one attached hydrogen (secondary N) is 1. The van der Waals surface area contributed by atoms with Crippen molar-refractivity contribution >= 4 is 29.6 Å². The van der Waals surface area contributed by atoms with Crippen molar-refractivity contribution in [1.29, 1.82) is 0 Å². The van der Waals surface area contributed by atoms with E-state index < -0.39 is 17.8 Å². The van der Waals surface area contributed by atoms with Crippen LogP contribution in [0.3, 0.4) is 0 Å². The summed E-state index contributed by atoms with van der Waals surface area (Å²) >= 11 is 0. The van der Waals surface area contributed by atoms with E-state index in [9.17, 15) is 14.4 Å². The molecule has 4 rings (SSSR count). The van der Waals surface area contributed by atoms with E-state index >= 15 is 0 Å². The molecule has 0 bridgehead atoms. The van der Waals surface area contributed by atoms with Gasteiger partial charge >= 0.3 is 6.03 Å². The number of carbonyl (C=O) groups excluding carboxylic acids is 3. The minimum absolute atomic E-state index is 0.153. The van der Waals surface area contributed by atoms with Gasteiger partial charge in [-0.1, -0.05) is 49.4 Å². The van der Waals surface area contributed by atoms with Gasteiger partial charge < -0.3 is 9.47 Å². The third-order valence-corrected chi connectivity index (χ3v) is 5.85. The molecule has 4 amide bonds. The number of benzene rings is 3. The fraction of sp³-hybridized carbons (Fsp3) is 0.179. The number of ether oxygens (including phenoxy) is 2. The molecule has 7 nitrogen and oxygen atoms in total. The molecule has 3 aromatic carbocycles. The summed E-state index contributed by atoms with van der Waals surface area (Å²) in [5, 5.41) is 2.24. The summed E-state index contributed by atoms with van der Waals surface area (Å²) in [6.07, 6.45) is 2.27. The number of nitrogens with zero attached hydrogens (tertiary/aromatic N) is 1. The van der Waals surface area contributed by atoms with E-state index in [-0.39, 0.29) is 5.57 Å². The first-order valence-electron chi connectivity index (χ1n) is 11.3. The zero-order valence-electron chi connectivity index (χ0n) is 19.8. The highest BCUT2D eigenvalue weighted by Gasteiger charge is 2.36. The Kier molecular flexibility index (Phi) is 6.96. The normalized spacial score (nSPS) is 14.8. The van der Waals surface area contributed by atoms with E-state index in [1.165, 1.54) is 13.2 Å². The predicted octanol–water partition coefficient (Wildman–Crippen LogP) is 4.81. The number of anilines is 1. The molecule has 0 unspecified atom stereocenters. The first-order valence-corrected chi connectivity index (χ1v) is 11.3. The van der Waals surface area contributed by atoms with Gasteiger partial charge in [-0.3, -0.25) is 14.9 Å². The van der Waals surface area contributed by atoms with Gasteiger partial charge in [-0.25, -0.2) is 9.69 Å². The third kappa shape index (κ3) is 5.09. The highest BCUT2D eigenvalue weighted by Crippen LogP contribution is 2.31. The lowest BCUT2D eigenvalue weighted by Gasteiger charge is -2.26. The van der Waals surface area contributed by atoms with Crippen LogP contribution in [-0.2, 0) is 22.6 Å². The molecule has 0 aromatic heterocycles. The fourth-order valence-corrected chi connectivity index (χ4v) is 3.76. The summed E-state index contributed by atoms with van der Waals surface area (Å²) in [5.74, 6) is -0.452. The minimum Gasteiger partial charge on any atom is -0.493 e. The standard InChI is InChI=1S/C28H26N2O5/c1-4-19-9-12-22(13-10-19)30-27(32)23(26(31)29-28(30)33)15-20-11-14-24(25(16-20)34-3)35-17-21-8-6-5-7-18(21)2/h5-16H,4,17H2,1-3H3,(H,29,31,33). The smallest absolute Gasteiger partial charge is 0.335 e. The van der Waals surface area contributed by atoms with Gasteiger partial charge in [-0.15, -0.1) is 0 Å². The molecule has 0 aliphatic carbocycles. The van der Waals surface area contributed by atoms with E-state index in [0.29, 0.717) is 29.4 Å². The number of hydrogen-bond donors (Lipinski definition) is 1. The molecule has 3 aromatic rings. The summed E-state index contributed by atoms with van der Waals surface area (Å²) in [6.45, 7) is 4.41. The number of hydrogen-bond acceptors (Lipinski definition) is 5. The van der Waals surface area contributed by atoms with E-state index in [1.54, 1.807) is 30.3 Å². The first-order chi connectivity index (χ1) is 16.9. The monoisotopic (exact) mass is 470 g/mol. The van der Waals surface area contributed by atoms with Gasteiger partial charge in [0, 0.05) is 0 Å². The first kappa shape index (κ1) is 23.8. The zero-order valence-corrected chi connectivity index (χ0v) is 19.8. The van der Waals surface area contributed by atoms with Gasteiger partial charge in [0.1, 0.15) is 12.2 Å². The molecule has 1 aliphatic rings. The summed E-state index contributed by atoms with van der Waals surface area (Å²) < 4.78 is 11.4. The number of carbonyl (C=O) groups is 3. The van der Waals surface area contributed by atoms with Crippen molar-refractivity contribution in [2.45, 2.75) is 26.9 Å². The Morgan fingerprint density at radius 3 is 2.37 bits per heavy atom. The van der Waals surface area contributed by atoms with Gasteiger partial charge in [0.2, 0.25) is 0 Å². The minimum atomic E-state index is -0.779. The Hall–Kier alpha value is -4.39. The maximum Gasteiger partial charge on any atom is 0.335 e. The van der Waals surface area contributed by atoms with Gasteiger partial charge in [0.05, 0.1) is 12.8 Å². The largest absolute Gasteiger partial charge is 0.493 e. The van der Waals surface area contributed by atoms with Gasteiger partial charge in [0.15, 0.2) is 11.5 Å². The van der Waals surface area contributed by atoms with Crippen LogP contribution < -0.4 is 19.7 Å². The number of methoxy groups -OCH3 is 1. The molecule has 0 atom stereocenters. The van der Waals surface area contributed by atoms with Gasteiger partial charge in [0.25, 0.3) is 11.8 Å². The van der Waals surface area contributed by atoms with Crippen LogP contribution in [0.25, 0.3) is 6.08 Å². The molecular formula is C28H26N2O5. The molecule has 0 spiro atoms. The average Bonchev–Trinajstić information content (AvgIpc) is 2.86. The van der Waals surface area contributed by atoms with Crippen LogP contribution in [0.5, 0.6) is 11.5 Å². The lowest BCUT2D eigenvalue weighted by Crippen LogP contribution is -2.54. The third-order valence-electron chi connectivity index (χ3n) is 5.85. The number of rotatable bonds is 7. The predicted molar refractivity (Wildman–Crippen MR) is 133 cm³/mol. The Morgan fingerprint density at radius 1 is 0.943 bits per heavy atom. The van der Waals surface area contributed by atoms with Crippen molar-refractivity contribution in [3.63, 3.8) is 0 Å². The van der Waals surface area contributed by atoms with E-state index in [1.807, 2.05) is 50.2 Å². The Labute approximate surface area is 204 Å². The lowest BCUT2D eigenvalue weighted by atomic mass is 10.1. The van der Waals surface area contributed by atoms with Crippen LogP contribution in [-0.4, -0.2) is 25.0 Å². The van der Waals surface area contributed by atoms with Gasteiger partial charge in [-0.2, -0.15) is 0 Å². The topological polar surface area (TPSA) is 84.9 Å².